The van der Waals surface area contributed by atoms with Gasteiger partial charge in [-0.2, -0.15) is 0 Å². The summed E-state index contributed by atoms with van der Waals surface area (Å²) in [4.78, 5) is 12.3. The molecule has 84 valence electrons. The second kappa shape index (κ2) is 3.86. The van der Waals surface area contributed by atoms with Crippen LogP contribution in [-0.2, 0) is 9.05 Å². The van der Waals surface area contributed by atoms with Crippen LogP contribution in [0.25, 0.3) is 0 Å². The SMILES string of the molecule is O=c1cc(C(F)F)c(F)c(S(=O)(=O)Cl)[nH]1. The predicted molar refractivity (Wildman–Crippen MR) is 45.0 cm³/mol. The molecule has 1 heterocycles. The van der Waals surface area contributed by atoms with Crippen LogP contribution in [0.3, 0.4) is 0 Å². The van der Waals surface area contributed by atoms with Crippen molar-refractivity contribution in [2.24, 2.45) is 0 Å². The molecule has 1 rings (SSSR count). The van der Waals surface area contributed by atoms with E-state index in [1.807, 2.05) is 0 Å². The first-order valence-electron chi connectivity index (χ1n) is 3.39. The molecule has 0 amide bonds. The molecule has 0 saturated heterocycles. The van der Waals surface area contributed by atoms with Gasteiger partial charge in [-0.1, -0.05) is 0 Å². The van der Waals surface area contributed by atoms with E-state index in [4.69, 9.17) is 10.7 Å². The summed E-state index contributed by atoms with van der Waals surface area (Å²) >= 11 is 0. The summed E-state index contributed by atoms with van der Waals surface area (Å²) in [6, 6.07) is 0.269. The monoisotopic (exact) mass is 261 g/mol. The summed E-state index contributed by atoms with van der Waals surface area (Å²) in [6.45, 7) is 0. The van der Waals surface area contributed by atoms with Crippen LogP contribution >= 0.6 is 10.7 Å². The number of halogens is 4. The predicted octanol–water partition coefficient (Wildman–Crippen LogP) is 1.38. The number of hydrogen-bond donors (Lipinski definition) is 1. The zero-order chi connectivity index (χ0) is 11.8. The van der Waals surface area contributed by atoms with Crippen molar-refractivity contribution in [3.05, 3.63) is 27.8 Å². The van der Waals surface area contributed by atoms with Crippen LogP contribution in [-0.4, -0.2) is 13.4 Å². The molecule has 9 heteroatoms. The van der Waals surface area contributed by atoms with Gasteiger partial charge in [0, 0.05) is 16.7 Å². The second-order valence-corrected chi connectivity index (χ2v) is 4.97. The van der Waals surface area contributed by atoms with Gasteiger partial charge in [-0.05, 0) is 0 Å². The topological polar surface area (TPSA) is 67.0 Å². The lowest BCUT2D eigenvalue weighted by Crippen LogP contribution is -2.15. The molecule has 0 aromatic carbocycles. The number of hydrogen-bond acceptors (Lipinski definition) is 3. The molecule has 0 saturated carbocycles. The van der Waals surface area contributed by atoms with Crippen molar-refractivity contribution >= 4 is 19.7 Å². The third-order valence-corrected chi connectivity index (χ3v) is 2.69. The Kier molecular flexibility index (Phi) is 3.10. The molecule has 15 heavy (non-hydrogen) atoms. The lowest BCUT2D eigenvalue weighted by Gasteiger charge is -2.03. The maximum Gasteiger partial charge on any atom is 0.279 e. The van der Waals surface area contributed by atoms with E-state index in [9.17, 15) is 26.4 Å². The van der Waals surface area contributed by atoms with Gasteiger partial charge in [-0.15, -0.1) is 0 Å². The summed E-state index contributed by atoms with van der Waals surface area (Å²) in [7, 11) is 0.126. The molecule has 0 spiro atoms. The van der Waals surface area contributed by atoms with Crippen molar-refractivity contribution in [3.63, 3.8) is 0 Å². The van der Waals surface area contributed by atoms with Crippen LogP contribution in [0.1, 0.15) is 12.0 Å². The molecule has 4 nitrogen and oxygen atoms in total. The van der Waals surface area contributed by atoms with Gasteiger partial charge in [0.15, 0.2) is 10.8 Å². The smallest absolute Gasteiger partial charge is 0.279 e. The van der Waals surface area contributed by atoms with Gasteiger partial charge < -0.3 is 4.98 Å². The van der Waals surface area contributed by atoms with Gasteiger partial charge in [-0.25, -0.2) is 21.6 Å². The number of nitrogens with one attached hydrogen (secondary N) is 1. The largest absolute Gasteiger partial charge is 0.309 e. The van der Waals surface area contributed by atoms with Crippen molar-refractivity contribution in [1.82, 2.24) is 4.98 Å². The van der Waals surface area contributed by atoms with E-state index >= 15 is 0 Å². The Morgan fingerprint density at radius 3 is 2.33 bits per heavy atom. The minimum Gasteiger partial charge on any atom is -0.309 e. The highest BCUT2D eigenvalue weighted by molar-refractivity contribution is 8.13. The minimum absolute atomic E-state index is 0.269. The van der Waals surface area contributed by atoms with E-state index in [0.29, 0.717) is 0 Å². The normalized spacial score (nSPS) is 12.1. The highest BCUT2D eigenvalue weighted by Crippen LogP contribution is 2.24. The lowest BCUT2D eigenvalue weighted by atomic mass is 10.3. The third kappa shape index (κ3) is 2.51. The molecule has 1 aromatic rings. The van der Waals surface area contributed by atoms with E-state index in [-0.39, 0.29) is 6.07 Å². The summed E-state index contributed by atoms with van der Waals surface area (Å²) in [5, 5.41) is -1.35. The highest BCUT2D eigenvalue weighted by Gasteiger charge is 2.24. The van der Waals surface area contributed by atoms with Gasteiger partial charge in [0.25, 0.3) is 15.5 Å². The van der Waals surface area contributed by atoms with E-state index in [1.165, 1.54) is 4.98 Å². The van der Waals surface area contributed by atoms with Crippen LogP contribution in [0.2, 0.25) is 0 Å². The fraction of sp³-hybridized carbons (Fsp3) is 0.167. The molecule has 0 aliphatic rings. The van der Waals surface area contributed by atoms with Crippen molar-refractivity contribution < 1.29 is 21.6 Å². The number of rotatable bonds is 2. The van der Waals surface area contributed by atoms with Crippen LogP contribution in [0.15, 0.2) is 15.9 Å². The molecule has 0 aliphatic carbocycles. The van der Waals surface area contributed by atoms with E-state index < -0.39 is 37.4 Å². The van der Waals surface area contributed by atoms with Crippen molar-refractivity contribution in [3.8, 4) is 0 Å². The van der Waals surface area contributed by atoms with Crippen molar-refractivity contribution in [2.45, 2.75) is 11.5 Å². The number of aromatic amines is 1. The molecule has 0 unspecified atom stereocenters. The van der Waals surface area contributed by atoms with Gasteiger partial charge in [0.2, 0.25) is 5.56 Å². The van der Waals surface area contributed by atoms with Crippen LogP contribution in [0.4, 0.5) is 13.2 Å². The first kappa shape index (κ1) is 12.1. The Balaban J connectivity index is 3.64. The summed E-state index contributed by atoms with van der Waals surface area (Å²) in [5.74, 6) is -1.75. The Hall–Kier alpha value is -1.02. The second-order valence-electron chi connectivity index (χ2n) is 2.47. The lowest BCUT2D eigenvalue weighted by molar-refractivity contribution is 0.145. The molecule has 0 radical (unpaired) electrons. The number of H-pyrrole nitrogens is 1. The van der Waals surface area contributed by atoms with Crippen LogP contribution < -0.4 is 5.56 Å². The molecular formula is C6H3ClF3NO3S. The Morgan fingerprint density at radius 1 is 1.40 bits per heavy atom. The quantitative estimate of drug-likeness (QED) is 0.818. The van der Waals surface area contributed by atoms with Crippen LogP contribution in [0, 0.1) is 5.82 Å². The molecular weight excluding hydrogens is 259 g/mol. The van der Waals surface area contributed by atoms with Gasteiger partial charge >= 0.3 is 0 Å². The van der Waals surface area contributed by atoms with Gasteiger partial charge in [0.1, 0.15) is 0 Å². The summed E-state index contributed by atoms with van der Waals surface area (Å²) < 4.78 is 58.8. The highest BCUT2D eigenvalue weighted by atomic mass is 35.7. The number of pyridine rings is 1. The maximum absolute atomic E-state index is 13.1. The number of alkyl halides is 2. The van der Waals surface area contributed by atoms with Crippen molar-refractivity contribution in [1.29, 1.82) is 0 Å². The van der Waals surface area contributed by atoms with Gasteiger partial charge in [-0.3, -0.25) is 4.79 Å². The average Bonchev–Trinajstić information content (AvgIpc) is 2.06. The van der Waals surface area contributed by atoms with E-state index in [0.717, 1.165) is 0 Å². The Bertz CT molecular complexity index is 539. The molecule has 0 aliphatic heterocycles. The standard InChI is InChI=1S/C6H3ClF3NO3S/c7-15(13,14)6-4(8)2(5(9)10)1-3(12)11-6/h1,5H,(H,11,12). The zero-order valence-corrected chi connectivity index (χ0v) is 8.37. The van der Waals surface area contributed by atoms with Crippen molar-refractivity contribution in [2.75, 3.05) is 0 Å². The summed E-state index contributed by atoms with van der Waals surface area (Å²) in [6.07, 6.45) is -3.30. The van der Waals surface area contributed by atoms with Crippen LogP contribution in [0.5, 0.6) is 0 Å². The Morgan fingerprint density at radius 2 is 1.93 bits per heavy atom. The van der Waals surface area contributed by atoms with E-state index in [1.54, 1.807) is 0 Å². The maximum atomic E-state index is 13.1. The zero-order valence-electron chi connectivity index (χ0n) is 6.80. The van der Waals surface area contributed by atoms with Gasteiger partial charge in [0.05, 0.1) is 5.56 Å². The average molecular weight is 262 g/mol. The van der Waals surface area contributed by atoms with E-state index in [2.05, 4.69) is 0 Å². The Labute approximate surface area is 86.1 Å². The first-order chi connectivity index (χ1) is 6.73. The third-order valence-electron chi connectivity index (χ3n) is 1.46. The minimum atomic E-state index is -4.60. The molecule has 0 atom stereocenters. The molecule has 1 N–H and O–H groups in total. The fourth-order valence-electron chi connectivity index (χ4n) is 0.865. The molecule has 0 fully saturated rings. The fourth-order valence-corrected chi connectivity index (χ4v) is 1.74. The molecule has 1 aromatic heterocycles. The first-order valence-corrected chi connectivity index (χ1v) is 5.70. The summed E-state index contributed by atoms with van der Waals surface area (Å²) in [5.41, 5.74) is -2.48. The number of aromatic nitrogens is 1. The molecule has 0 bridgehead atoms.